The summed E-state index contributed by atoms with van der Waals surface area (Å²) in [5.41, 5.74) is 0.707. The number of nitrogens with zero attached hydrogens (tertiary/aromatic N) is 1. The van der Waals surface area contributed by atoms with E-state index in [2.05, 4.69) is 15.8 Å². The number of amides is 3. The third-order valence-corrected chi connectivity index (χ3v) is 4.30. The van der Waals surface area contributed by atoms with Gasteiger partial charge in [0.1, 0.15) is 11.3 Å². The van der Waals surface area contributed by atoms with Crippen molar-refractivity contribution in [2.45, 2.75) is 71.4 Å². The number of carbonyl (C=O) groups excluding carboxylic acids is 3. The van der Waals surface area contributed by atoms with Crippen molar-refractivity contribution in [3.63, 3.8) is 0 Å². The molecule has 1 aromatic heterocycles. The quantitative estimate of drug-likeness (QED) is 0.787. The van der Waals surface area contributed by atoms with Crippen LogP contribution in [0.1, 0.15) is 67.8 Å². The average Bonchev–Trinajstić information content (AvgIpc) is 2.96. The minimum absolute atomic E-state index is 0.0890. The smallest absolute Gasteiger partial charge is 0.344 e. The predicted molar refractivity (Wildman–Crippen MR) is 89.0 cm³/mol. The van der Waals surface area contributed by atoms with Crippen LogP contribution < -0.4 is 10.6 Å². The first-order valence-electron chi connectivity index (χ1n) is 8.69. The maximum atomic E-state index is 12.2. The molecule has 25 heavy (non-hydrogen) atoms. The Morgan fingerprint density at radius 3 is 2.60 bits per heavy atom. The van der Waals surface area contributed by atoms with Crippen molar-refractivity contribution in [3.8, 4) is 0 Å². The van der Waals surface area contributed by atoms with Gasteiger partial charge < -0.3 is 14.6 Å². The van der Waals surface area contributed by atoms with Gasteiger partial charge in [-0.05, 0) is 33.1 Å². The highest BCUT2D eigenvalue weighted by molar-refractivity contribution is 5.99. The van der Waals surface area contributed by atoms with E-state index in [0.717, 1.165) is 25.7 Å². The number of carbonyl (C=O) groups is 3. The molecule has 0 aliphatic heterocycles. The van der Waals surface area contributed by atoms with Gasteiger partial charge >= 0.3 is 12.0 Å². The number of imide groups is 1. The topological polar surface area (TPSA) is 111 Å². The Labute approximate surface area is 146 Å². The van der Waals surface area contributed by atoms with Crippen LogP contribution in [0.25, 0.3) is 0 Å². The van der Waals surface area contributed by atoms with E-state index < -0.39 is 24.0 Å². The monoisotopic (exact) mass is 351 g/mol. The molecule has 2 rings (SSSR count). The Kier molecular flexibility index (Phi) is 6.55. The molecule has 0 radical (unpaired) electrons. The molecule has 8 heteroatoms. The molecule has 2 N–H and O–H groups in total. The molecule has 1 aromatic rings. The van der Waals surface area contributed by atoms with Gasteiger partial charge in [-0.2, -0.15) is 0 Å². The molecule has 0 aromatic carbocycles. The number of esters is 1. The molecule has 138 valence electrons. The lowest BCUT2D eigenvalue weighted by molar-refractivity contribution is -0.127. The predicted octanol–water partition coefficient (Wildman–Crippen LogP) is 2.25. The van der Waals surface area contributed by atoms with Crippen molar-refractivity contribution in [3.05, 3.63) is 17.0 Å². The van der Waals surface area contributed by atoms with E-state index >= 15 is 0 Å². The van der Waals surface area contributed by atoms with Crippen LogP contribution in [0.15, 0.2) is 4.52 Å². The minimum atomic E-state index is -1.11. The van der Waals surface area contributed by atoms with Crippen LogP contribution in [-0.2, 0) is 16.0 Å². The molecule has 3 amide bonds. The highest BCUT2D eigenvalue weighted by Gasteiger charge is 2.26. The molecule has 0 bridgehead atoms. The standard InChI is InChI=1S/C17H25N3O5/c1-4-13-14(10(2)25-20-13)16(22)24-11(3)15(21)19-17(23)18-12-8-6-5-7-9-12/h11-12H,4-9H2,1-3H3,(H2,18,19,21,23). The molecule has 1 unspecified atom stereocenters. The summed E-state index contributed by atoms with van der Waals surface area (Å²) in [6.07, 6.45) is 4.55. The van der Waals surface area contributed by atoms with Gasteiger partial charge in [-0.3, -0.25) is 10.1 Å². The summed E-state index contributed by atoms with van der Waals surface area (Å²) in [6.45, 7) is 4.85. The van der Waals surface area contributed by atoms with Crippen molar-refractivity contribution in [1.29, 1.82) is 0 Å². The summed E-state index contributed by atoms with van der Waals surface area (Å²) in [7, 11) is 0. The molecule has 1 aliphatic carbocycles. The van der Waals surface area contributed by atoms with Crippen molar-refractivity contribution < 1.29 is 23.6 Å². The summed E-state index contributed by atoms with van der Waals surface area (Å²) in [5.74, 6) is -1.02. The Hall–Kier alpha value is -2.38. The Balaban J connectivity index is 1.85. The Bertz CT molecular complexity index is 634. The number of hydrogen-bond acceptors (Lipinski definition) is 6. The normalized spacial score (nSPS) is 16.1. The third-order valence-electron chi connectivity index (χ3n) is 4.30. The fourth-order valence-electron chi connectivity index (χ4n) is 2.88. The third kappa shape index (κ3) is 5.04. The number of hydrogen-bond donors (Lipinski definition) is 2. The molecular formula is C17H25N3O5. The van der Waals surface area contributed by atoms with E-state index in [1.165, 1.54) is 13.3 Å². The van der Waals surface area contributed by atoms with Gasteiger partial charge in [0.15, 0.2) is 6.10 Å². The van der Waals surface area contributed by atoms with Gasteiger partial charge in [0.25, 0.3) is 5.91 Å². The highest BCUT2D eigenvalue weighted by Crippen LogP contribution is 2.17. The van der Waals surface area contributed by atoms with Crippen molar-refractivity contribution in [2.24, 2.45) is 0 Å². The lowest BCUT2D eigenvalue weighted by Crippen LogP contribution is -2.48. The first-order chi connectivity index (χ1) is 11.9. The SMILES string of the molecule is CCc1noc(C)c1C(=O)OC(C)C(=O)NC(=O)NC1CCCCC1. The van der Waals surface area contributed by atoms with Gasteiger partial charge in [-0.1, -0.05) is 31.3 Å². The van der Waals surface area contributed by atoms with E-state index in [1.54, 1.807) is 6.92 Å². The Morgan fingerprint density at radius 1 is 1.28 bits per heavy atom. The lowest BCUT2D eigenvalue weighted by atomic mass is 9.96. The van der Waals surface area contributed by atoms with Crippen LogP contribution in [-0.4, -0.2) is 35.2 Å². The van der Waals surface area contributed by atoms with Crippen LogP contribution in [0.3, 0.4) is 0 Å². The zero-order chi connectivity index (χ0) is 18.4. The fourth-order valence-corrected chi connectivity index (χ4v) is 2.88. The van der Waals surface area contributed by atoms with Crippen molar-refractivity contribution in [2.75, 3.05) is 0 Å². The summed E-state index contributed by atoms with van der Waals surface area (Å²) in [5, 5.41) is 8.77. The number of rotatable bonds is 5. The van der Waals surface area contributed by atoms with Crippen LogP contribution in [0.5, 0.6) is 0 Å². The second-order valence-electron chi connectivity index (χ2n) is 6.26. The molecule has 0 saturated heterocycles. The largest absolute Gasteiger partial charge is 0.449 e. The van der Waals surface area contributed by atoms with Gasteiger partial charge in [0.2, 0.25) is 0 Å². The molecule has 1 heterocycles. The first kappa shape index (κ1) is 19.0. The zero-order valence-electron chi connectivity index (χ0n) is 14.9. The zero-order valence-corrected chi connectivity index (χ0v) is 14.9. The number of urea groups is 1. The summed E-state index contributed by atoms with van der Waals surface area (Å²) in [4.78, 5) is 36.2. The van der Waals surface area contributed by atoms with Gasteiger partial charge in [0, 0.05) is 6.04 Å². The van der Waals surface area contributed by atoms with Gasteiger partial charge in [0.05, 0.1) is 5.69 Å². The van der Waals surface area contributed by atoms with E-state index in [4.69, 9.17) is 9.26 Å². The molecule has 1 saturated carbocycles. The lowest BCUT2D eigenvalue weighted by Gasteiger charge is -2.23. The maximum Gasteiger partial charge on any atom is 0.344 e. The number of nitrogens with one attached hydrogen (secondary N) is 2. The summed E-state index contributed by atoms with van der Waals surface area (Å²) in [6, 6.07) is -0.471. The highest BCUT2D eigenvalue weighted by atomic mass is 16.5. The van der Waals surface area contributed by atoms with Crippen molar-refractivity contribution >= 4 is 17.9 Å². The first-order valence-corrected chi connectivity index (χ1v) is 8.69. The van der Waals surface area contributed by atoms with Gasteiger partial charge in [-0.25, -0.2) is 9.59 Å². The molecule has 8 nitrogen and oxygen atoms in total. The van der Waals surface area contributed by atoms with Crippen LogP contribution in [0, 0.1) is 6.92 Å². The van der Waals surface area contributed by atoms with E-state index in [9.17, 15) is 14.4 Å². The van der Waals surface area contributed by atoms with E-state index in [0.29, 0.717) is 17.9 Å². The van der Waals surface area contributed by atoms with E-state index in [1.807, 2.05) is 6.92 Å². The number of aryl methyl sites for hydroxylation is 2. The molecule has 1 fully saturated rings. The molecule has 0 spiro atoms. The van der Waals surface area contributed by atoms with Crippen molar-refractivity contribution in [1.82, 2.24) is 15.8 Å². The van der Waals surface area contributed by atoms with Gasteiger partial charge in [-0.15, -0.1) is 0 Å². The summed E-state index contributed by atoms with van der Waals surface area (Å²) >= 11 is 0. The molecule has 1 atom stereocenters. The maximum absolute atomic E-state index is 12.2. The van der Waals surface area contributed by atoms with Crippen LogP contribution >= 0.6 is 0 Å². The second kappa shape index (κ2) is 8.64. The average molecular weight is 351 g/mol. The minimum Gasteiger partial charge on any atom is -0.449 e. The molecular weight excluding hydrogens is 326 g/mol. The van der Waals surface area contributed by atoms with E-state index in [-0.39, 0.29) is 11.6 Å². The fraction of sp³-hybridized carbons (Fsp3) is 0.647. The second-order valence-corrected chi connectivity index (χ2v) is 6.26. The number of aromatic nitrogens is 1. The Morgan fingerprint density at radius 2 is 1.96 bits per heavy atom. The van der Waals surface area contributed by atoms with Crippen LogP contribution in [0.2, 0.25) is 0 Å². The summed E-state index contributed by atoms with van der Waals surface area (Å²) < 4.78 is 10.1. The van der Waals surface area contributed by atoms with Crippen LogP contribution in [0.4, 0.5) is 4.79 Å². The molecule has 1 aliphatic rings. The number of ether oxygens (including phenoxy) is 1.